The Morgan fingerprint density at radius 3 is 2.06 bits per heavy atom. The Kier molecular flexibility index (Phi) is 6.86. The highest BCUT2D eigenvalue weighted by Gasteiger charge is 2.24. The molecule has 0 saturated heterocycles. The molecule has 0 rings (SSSR count). The van der Waals surface area contributed by atoms with Gasteiger partial charge < -0.3 is 0 Å². The number of alkyl halides is 1. The zero-order chi connectivity index (χ0) is 12.9. The van der Waals surface area contributed by atoms with E-state index in [9.17, 15) is 8.42 Å². The fourth-order valence-electron chi connectivity index (χ4n) is 1.28. The first-order valence-electron chi connectivity index (χ1n) is 5.52. The van der Waals surface area contributed by atoms with Crippen LogP contribution in [-0.4, -0.2) is 37.7 Å². The van der Waals surface area contributed by atoms with Crippen molar-refractivity contribution in [3.63, 3.8) is 0 Å². The molecule has 0 radical (unpaired) electrons. The van der Waals surface area contributed by atoms with Gasteiger partial charge in [-0.1, -0.05) is 13.8 Å². The van der Waals surface area contributed by atoms with E-state index in [0.717, 1.165) is 6.42 Å². The Morgan fingerprint density at radius 1 is 1.25 bits per heavy atom. The zero-order valence-electron chi connectivity index (χ0n) is 10.7. The standard InChI is InChI=1S/C10H23ClN2O2S/c1-8(2)6-10(7-11)12-16(14,15)13(5)9(3)4/h8-10,12H,6-7H2,1-5H3. The third-order valence-electron chi connectivity index (χ3n) is 2.36. The van der Waals surface area contributed by atoms with Gasteiger partial charge >= 0.3 is 0 Å². The Balaban J connectivity index is 4.55. The molecular weight excluding hydrogens is 248 g/mol. The summed E-state index contributed by atoms with van der Waals surface area (Å²) in [6.07, 6.45) is 0.745. The SMILES string of the molecule is CC(C)CC(CCl)NS(=O)(=O)N(C)C(C)C. The molecule has 1 atom stereocenters. The molecular formula is C10H23ClN2O2S. The van der Waals surface area contributed by atoms with E-state index in [-0.39, 0.29) is 12.1 Å². The molecule has 1 unspecified atom stereocenters. The lowest BCUT2D eigenvalue weighted by Gasteiger charge is -2.25. The molecule has 0 aliphatic carbocycles. The van der Waals surface area contributed by atoms with Gasteiger partial charge in [-0.25, -0.2) is 0 Å². The number of hydrogen-bond acceptors (Lipinski definition) is 2. The first-order valence-corrected chi connectivity index (χ1v) is 7.49. The average Bonchev–Trinajstić information content (AvgIpc) is 2.14. The van der Waals surface area contributed by atoms with E-state index >= 15 is 0 Å². The van der Waals surface area contributed by atoms with Crippen molar-refractivity contribution in [3.8, 4) is 0 Å². The summed E-state index contributed by atoms with van der Waals surface area (Å²) < 4.78 is 27.7. The van der Waals surface area contributed by atoms with Gasteiger partial charge in [0.15, 0.2) is 0 Å². The Bertz CT molecular complexity index is 291. The first kappa shape index (κ1) is 16.2. The Labute approximate surface area is 105 Å². The van der Waals surface area contributed by atoms with Crippen LogP contribution in [-0.2, 0) is 10.2 Å². The van der Waals surface area contributed by atoms with Gasteiger partial charge in [0.25, 0.3) is 10.2 Å². The van der Waals surface area contributed by atoms with E-state index in [1.54, 1.807) is 7.05 Å². The maximum Gasteiger partial charge on any atom is 0.279 e. The van der Waals surface area contributed by atoms with Crippen molar-refractivity contribution in [2.75, 3.05) is 12.9 Å². The van der Waals surface area contributed by atoms with Crippen LogP contribution in [0.2, 0.25) is 0 Å². The summed E-state index contributed by atoms with van der Waals surface area (Å²) in [5.74, 6) is 0.708. The number of rotatable bonds is 7. The van der Waals surface area contributed by atoms with E-state index in [0.29, 0.717) is 11.8 Å². The molecule has 0 saturated carbocycles. The van der Waals surface area contributed by atoms with Crippen molar-refractivity contribution in [1.82, 2.24) is 9.03 Å². The third kappa shape index (κ3) is 5.48. The van der Waals surface area contributed by atoms with Gasteiger partial charge in [-0.3, -0.25) is 0 Å². The largest absolute Gasteiger partial charge is 0.279 e. The highest BCUT2D eigenvalue weighted by molar-refractivity contribution is 7.87. The van der Waals surface area contributed by atoms with E-state index in [1.807, 2.05) is 27.7 Å². The minimum absolute atomic E-state index is 0.0625. The van der Waals surface area contributed by atoms with Crippen molar-refractivity contribution in [2.45, 2.75) is 46.2 Å². The minimum atomic E-state index is -3.42. The second-order valence-corrected chi connectivity index (χ2v) is 6.78. The lowest BCUT2D eigenvalue weighted by atomic mass is 10.1. The van der Waals surface area contributed by atoms with Crippen LogP contribution < -0.4 is 4.72 Å². The van der Waals surface area contributed by atoms with E-state index in [1.165, 1.54) is 4.31 Å². The molecule has 0 fully saturated rings. The zero-order valence-corrected chi connectivity index (χ0v) is 12.3. The molecule has 6 heteroatoms. The fourth-order valence-corrected chi connectivity index (χ4v) is 2.90. The second kappa shape index (κ2) is 6.79. The summed E-state index contributed by atoms with van der Waals surface area (Å²) in [5, 5.41) is 0. The van der Waals surface area contributed by atoms with Crippen LogP contribution in [0.1, 0.15) is 34.1 Å². The molecule has 0 aromatic rings. The predicted molar refractivity (Wildman–Crippen MR) is 68.9 cm³/mol. The van der Waals surface area contributed by atoms with Gasteiger partial charge in [-0.15, -0.1) is 11.6 Å². The summed E-state index contributed by atoms with van der Waals surface area (Å²) >= 11 is 5.76. The molecule has 0 aromatic carbocycles. The van der Waals surface area contributed by atoms with Crippen LogP contribution in [0.25, 0.3) is 0 Å². The van der Waals surface area contributed by atoms with Crippen LogP contribution in [0.4, 0.5) is 0 Å². The fraction of sp³-hybridized carbons (Fsp3) is 1.00. The third-order valence-corrected chi connectivity index (χ3v) is 4.55. The molecule has 98 valence electrons. The molecule has 0 amide bonds. The van der Waals surface area contributed by atoms with Crippen LogP contribution in [0.5, 0.6) is 0 Å². The first-order chi connectivity index (χ1) is 7.20. The van der Waals surface area contributed by atoms with Gasteiger partial charge in [0, 0.05) is 25.0 Å². The minimum Gasteiger partial charge on any atom is -0.198 e. The van der Waals surface area contributed by atoms with Crippen molar-refractivity contribution in [2.24, 2.45) is 5.92 Å². The van der Waals surface area contributed by atoms with Gasteiger partial charge in [-0.05, 0) is 26.2 Å². The highest BCUT2D eigenvalue weighted by Crippen LogP contribution is 2.09. The molecule has 0 aromatic heterocycles. The highest BCUT2D eigenvalue weighted by atomic mass is 35.5. The summed E-state index contributed by atoms with van der Waals surface area (Å²) in [6.45, 7) is 7.74. The Hall–Kier alpha value is 0.160. The summed E-state index contributed by atoms with van der Waals surface area (Å²) in [5.41, 5.74) is 0. The van der Waals surface area contributed by atoms with Crippen LogP contribution in [0, 0.1) is 5.92 Å². The lowest BCUT2D eigenvalue weighted by molar-refractivity contribution is 0.390. The number of nitrogens with one attached hydrogen (secondary N) is 1. The van der Waals surface area contributed by atoms with E-state index in [2.05, 4.69) is 4.72 Å². The van der Waals surface area contributed by atoms with Gasteiger partial charge in [0.1, 0.15) is 0 Å². The molecule has 0 aliphatic rings. The quantitative estimate of drug-likeness (QED) is 0.718. The lowest BCUT2D eigenvalue weighted by Crippen LogP contribution is -2.47. The van der Waals surface area contributed by atoms with E-state index in [4.69, 9.17) is 11.6 Å². The van der Waals surface area contributed by atoms with Crippen molar-refractivity contribution >= 4 is 21.8 Å². The van der Waals surface area contributed by atoms with Crippen LogP contribution in [0.15, 0.2) is 0 Å². The van der Waals surface area contributed by atoms with Crippen LogP contribution >= 0.6 is 11.6 Å². The Morgan fingerprint density at radius 2 is 1.75 bits per heavy atom. The van der Waals surface area contributed by atoms with E-state index < -0.39 is 10.2 Å². The second-order valence-electron chi connectivity index (χ2n) is 4.71. The monoisotopic (exact) mass is 270 g/mol. The molecule has 1 N–H and O–H groups in total. The number of halogens is 1. The molecule has 0 aliphatic heterocycles. The maximum atomic E-state index is 11.9. The average molecular weight is 271 g/mol. The van der Waals surface area contributed by atoms with Crippen molar-refractivity contribution in [1.29, 1.82) is 0 Å². The molecule has 4 nitrogen and oxygen atoms in total. The smallest absolute Gasteiger partial charge is 0.198 e. The molecule has 16 heavy (non-hydrogen) atoms. The topological polar surface area (TPSA) is 49.4 Å². The van der Waals surface area contributed by atoms with Gasteiger partial charge in [0.05, 0.1) is 0 Å². The normalized spacial score (nSPS) is 15.1. The van der Waals surface area contributed by atoms with Crippen LogP contribution in [0.3, 0.4) is 0 Å². The van der Waals surface area contributed by atoms with Crippen molar-refractivity contribution in [3.05, 3.63) is 0 Å². The summed E-state index contributed by atoms with van der Waals surface area (Å²) in [7, 11) is -1.85. The van der Waals surface area contributed by atoms with Gasteiger partial charge in [-0.2, -0.15) is 17.4 Å². The van der Waals surface area contributed by atoms with Gasteiger partial charge in [0.2, 0.25) is 0 Å². The number of hydrogen-bond donors (Lipinski definition) is 1. The molecule has 0 heterocycles. The molecule has 0 bridgehead atoms. The maximum absolute atomic E-state index is 11.9. The molecule has 0 spiro atoms. The summed E-state index contributed by atoms with van der Waals surface area (Å²) in [6, 6.07) is -0.264. The number of nitrogens with zero attached hydrogens (tertiary/aromatic N) is 1. The summed E-state index contributed by atoms with van der Waals surface area (Å²) in [4.78, 5) is 0. The predicted octanol–water partition coefficient (Wildman–Crippen LogP) is 1.81. The van der Waals surface area contributed by atoms with Crippen molar-refractivity contribution < 1.29 is 8.42 Å².